The quantitative estimate of drug-likeness (QED) is 0.683. The maximum Gasteiger partial charge on any atom is 0.270 e. The molecule has 1 aromatic heterocycles. The van der Waals surface area contributed by atoms with Crippen LogP contribution < -0.4 is 5.32 Å². The number of rotatable bonds is 2. The molecule has 0 fully saturated rings. The van der Waals surface area contributed by atoms with Gasteiger partial charge in [0.15, 0.2) is 0 Å². The average molecular weight is 300 g/mol. The highest BCUT2D eigenvalue weighted by Crippen LogP contribution is 2.32. The SMILES string of the molecule is CC(C)(C)n1nc(-c2cccc([N+](=O)[O-])c2)c2c1CCNC2. The third-order valence-electron chi connectivity index (χ3n) is 3.90. The normalized spacial score (nSPS) is 14.7. The summed E-state index contributed by atoms with van der Waals surface area (Å²) in [4.78, 5) is 10.6. The Morgan fingerprint density at radius 1 is 1.36 bits per heavy atom. The summed E-state index contributed by atoms with van der Waals surface area (Å²) in [5, 5.41) is 19.2. The molecule has 116 valence electrons. The van der Waals surface area contributed by atoms with Crippen molar-refractivity contribution >= 4 is 5.69 Å². The molecule has 0 amide bonds. The van der Waals surface area contributed by atoms with E-state index in [9.17, 15) is 10.1 Å². The molecule has 0 bridgehead atoms. The molecule has 1 aliphatic rings. The number of nitrogens with one attached hydrogen (secondary N) is 1. The fourth-order valence-electron chi connectivity index (χ4n) is 2.90. The van der Waals surface area contributed by atoms with Gasteiger partial charge in [0.2, 0.25) is 0 Å². The van der Waals surface area contributed by atoms with E-state index in [2.05, 4.69) is 30.8 Å². The van der Waals surface area contributed by atoms with Gasteiger partial charge < -0.3 is 5.32 Å². The van der Waals surface area contributed by atoms with Crippen molar-refractivity contribution in [2.24, 2.45) is 0 Å². The van der Waals surface area contributed by atoms with Crippen LogP contribution in [0.2, 0.25) is 0 Å². The minimum absolute atomic E-state index is 0.0975. The standard InChI is InChI=1S/C16H20N4O2/c1-16(2,3)19-14-7-8-17-10-13(14)15(18-19)11-5-4-6-12(9-11)20(21)22/h4-6,9,17H,7-8,10H2,1-3H3. The van der Waals surface area contributed by atoms with Crippen molar-refractivity contribution in [1.29, 1.82) is 0 Å². The van der Waals surface area contributed by atoms with Crippen molar-refractivity contribution in [1.82, 2.24) is 15.1 Å². The van der Waals surface area contributed by atoms with Gasteiger partial charge in [0, 0.05) is 48.5 Å². The van der Waals surface area contributed by atoms with Gasteiger partial charge in [-0.25, -0.2) is 0 Å². The largest absolute Gasteiger partial charge is 0.312 e. The lowest BCUT2D eigenvalue weighted by atomic mass is 10.0. The average Bonchev–Trinajstić information content (AvgIpc) is 2.87. The molecular formula is C16H20N4O2. The third kappa shape index (κ3) is 2.50. The molecule has 3 rings (SSSR count). The molecule has 2 heterocycles. The first-order valence-corrected chi connectivity index (χ1v) is 7.45. The van der Waals surface area contributed by atoms with Crippen LogP contribution in [-0.4, -0.2) is 21.2 Å². The van der Waals surface area contributed by atoms with Gasteiger partial charge in [0.05, 0.1) is 16.2 Å². The fraction of sp³-hybridized carbons (Fsp3) is 0.438. The summed E-state index contributed by atoms with van der Waals surface area (Å²) in [5.41, 5.74) is 4.02. The Bertz CT molecular complexity index is 728. The first-order chi connectivity index (χ1) is 10.4. The Kier molecular flexibility index (Phi) is 3.48. The predicted molar refractivity (Wildman–Crippen MR) is 84.7 cm³/mol. The topological polar surface area (TPSA) is 73.0 Å². The predicted octanol–water partition coefficient (Wildman–Crippen LogP) is 2.86. The molecule has 6 heteroatoms. The van der Waals surface area contributed by atoms with Gasteiger partial charge in [-0.15, -0.1) is 0 Å². The number of aromatic nitrogens is 2. The maximum atomic E-state index is 11.0. The van der Waals surface area contributed by atoms with E-state index >= 15 is 0 Å². The van der Waals surface area contributed by atoms with Crippen LogP contribution >= 0.6 is 0 Å². The third-order valence-corrected chi connectivity index (χ3v) is 3.90. The number of non-ortho nitro benzene ring substituents is 1. The lowest BCUT2D eigenvalue weighted by Gasteiger charge is -2.24. The lowest BCUT2D eigenvalue weighted by molar-refractivity contribution is -0.384. The molecule has 1 aromatic carbocycles. The minimum Gasteiger partial charge on any atom is -0.312 e. The van der Waals surface area contributed by atoms with E-state index in [-0.39, 0.29) is 16.1 Å². The van der Waals surface area contributed by atoms with Crippen LogP contribution in [0.3, 0.4) is 0 Å². The Balaban J connectivity index is 2.17. The van der Waals surface area contributed by atoms with Gasteiger partial charge >= 0.3 is 0 Å². The first kappa shape index (κ1) is 14.7. The molecular weight excluding hydrogens is 280 g/mol. The molecule has 1 N–H and O–H groups in total. The smallest absolute Gasteiger partial charge is 0.270 e. The second-order valence-corrected chi connectivity index (χ2v) is 6.59. The van der Waals surface area contributed by atoms with Crippen LogP contribution in [0.4, 0.5) is 5.69 Å². The summed E-state index contributed by atoms with van der Waals surface area (Å²) < 4.78 is 2.07. The Morgan fingerprint density at radius 3 is 2.82 bits per heavy atom. The van der Waals surface area contributed by atoms with Gasteiger partial charge in [-0.1, -0.05) is 12.1 Å². The first-order valence-electron chi connectivity index (χ1n) is 7.45. The van der Waals surface area contributed by atoms with E-state index in [1.165, 1.54) is 11.8 Å². The maximum absolute atomic E-state index is 11.0. The number of benzene rings is 1. The van der Waals surface area contributed by atoms with E-state index in [0.29, 0.717) is 0 Å². The van der Waals surface area contributed by atoms with E-state index in [1.54, 1.807) is 12.1 Å². The molecule has 0 spiro atoms. The van der Waals surface area contributed by atoms with Crippen molar-refractivity contribution in [3.05, 3.63) is 45.6 Å². The highest BCUT2D eigenvalue weighted by atomic mass is 16.6. The Labute approximate surface area is 129 Å². The number of nitrogens with zero attached hydrogens (tertiary/aromatic N) is 3. The fourth-order valence-corrected chi connectivity index (χ4v) is 2.90. The summed E-state index contributed by atoms with van der Waals surface area (Å²) in [7, 11) is 0. The lowest BCUT2D eigenvalue weighted by Crippen LogP contribution is -2.30. The molecule has 0 aliphatic carbocycles. The molecule has 0 saturated carbocycles. The van der Waals surface area contributed by atoms with Gasteiger partial charge in [0.1, 0.15) is 0 Å². The zero-order chi connectivity index (χ0) is 15.9. The van der Waals surface area contributed by atoms with Crippen molar-refractivity contribution in [2.45, 2.75) is 39.3 Å². The van der Waals surface area contributed by atoms with Crippen molar-refractivity contribution in [3.63, 3.8) is 0 Å². The van der Waals surface area contributed by atoms with E-state index in [0.717, 1.165) is 36.3 Å². The zero-order valence-electron chi connectivity index (χ0n) is 13.1. The summed E-state index contributed by atoms with van der Waals surface area (Å²) in [5.74, 6) is 0. The molecule has 1 aliphatic heterocycles. The second-order valence-electron chi connectivity index (χ2n) is 6.59. The molecule has 0 saturated heterocycles. The van der Waals surface area contributed by atoms with Gasteiger partial charge in [-0.3, -0.25) is 14.8 Å². The van der Waals surface area contributed by atoms with Crippen LogP contribution in [0.15, 0.2) is 24.3 Å². The number of hydrogen-bond donors (Lipinski definition) is 1. The van der Waals surface area contributed by atoms with Crippen molar-refractivity contribution in [3.8, 4) is 11.3 Å². The van der Waals surface area contributed by atoms with E-state index in [1.807, 2.05) is 6.07 Å². The number of fused-ring (bicyclic) bond motifs is 1. The van der Waals surface area contributed by atoms with Gasteiger partial charge in [0.25, 0.3) is 5.69 Å². The highest BCUT2D eigenvalue weighted by Gasteiger charge is 2.27. The minimum atomic E-state index is -0.366. The summed E-state index contributed by atoms with van der Waals surface area (Å²) in [6.45, 7) is 8.06. The van der Waals surface area contributed by atoms with Crippen LogP contribution in [0.25, 0.3) is 11.3 Å². The number of nitro benzene ring substituents is 1. The molecule has 22 heavy (non-hydrogen) atoms. The molecule has 0 atom stereocenters. The van der Waals surface area contributed by atoms with Gasteiger partial charge in [-0.2, -0.15) is 5.10 Å². The summed E-state index contributed by atoms with van der Waals surface area (Å²) in [6.07, 6.45) is 0.925. The van der Waals surface area contributed by atoms with Crippen LogP contribution in [-0.2, 0) is 18.5 Å². The second kappa shape index (κ2) is 5.21. The number of nitro groups is 1. The number of hydrogen-bond acceptors (Lipinski definition) is 4. The van der Waals surface area contributed by atoms with E-state index in [4.69, 9.17) is 5.10 Å². The van der Waals surface area contributed by atoms with Crippen molar-refractivity contribution < 1.29 is 4.92 Å². The van der Waals surface area contributed by atoms with Crippen molar-refractivity contribution in [2.75, 3.05) is 6.54 Å². The molecule has 0 unspecified atom stereocenters. The zero-order valence-corrected chi connectivity index (χ0v) is 13.1. The molecule has 0 radical (unpaired) electrons. The Morgan fingerprint density at radius 2 is 2.14 bits per heavy atom. The Hall–Kier alpha value is -2.21. The highest BCUT2D eigenvalue weighted by molar-refractivity contribution is 5.67. The van der Waals surface area contributed by atoms with Crippen LogP contribution in [0.5, 0.6) is 0 Å². The summed E-state index contributed by atoms with van der Waals surface area (Å²) in [6, 6.07) is 6.71. The van der Waals surface area contributed by atoms with E-state index < -0.39 is 0 Å². The molecule has 2 aromatic rings. The van der Waals surface area contributed by atoms with Crippen LogP contribution in [0, 0.1) is 10.1 Å². The van der Waals surface area contributed by atoms with Crippen LogP contribution in [0.1, 0.15) is 32.0 Å². The summed E-state index contributed by atoms with van der Waals surface area (Å²) >= 11 is 0. The molecule has 6 nitrogen and oxygen atoms in total. The monoisotopic (exact) mass is 300 g/mol. The van der Waals surface area contributed by atoms with Gasteiger partial charge in [-0.05, 0) is 20.8 Å².